The van der Waals surface area contributed by atoms with Crippen molar-refractivity contribution < 1.29 is 4.42 Å². The third-order valence-corrected chi connectivity index (χ3v) is 3.24. The van der Waals surface area contributed by atoms with Crippen LogP contribution in [0.5, 0.6) is 0 Å². The Morgan fingerprint density at radius 2 is 1.75 bits per heavy atom. The summed E-state index contributed by atoms with van der Waals surface area (Å²) in [5.41, 5.74) is 2.10. The lowest BCUT2D eigenvalue weighted by Crippen LogP contribution is -1.90. The van der Waals surface area contributed by atoms with E-state index in [9.17, 15) is 0 Å². The SMILES string of the molecule is Clc1cccc(-c2nnc(CCc3ccccc3)o2)c1. The number of rotatable bonds is 4. The molecule has 0 amide bonds. The summed E-state index contributed by atoms with van der Waals surface area (Å²) in [6.07, 6.45) is 1.62. The van der Waals surface area contributed by atoms with E-state index in [1.165, 1.54) is 5.56 Å². The first kappa shape index (κ1) is 12.9. The van der Waals surface area contributed by atoms with Crippen molar-refractivity contribution in [3.8, 4) is 11.5 Å². The minimum atomic E-state index is 0.510. The number of nitrogens with zero attached hydrogens (tertiary/aromatic N) is 2. The van der Waals surface area contributed by atoms with E-state index in [-0.39, 0.29) is 0 Å². The molecule has 3 nitrogen and oxygen atoms in total. The van der Waals surface area contributed by atoms with Crippen LogP contribution in [0.1, 0.15) is 11.5 Å². The van der Waals surface area contributed by atoms with Gasteiger partial charge in [-0.3, -0.25) is 0 Å². The zero-order valence-electron chi connectivity index (χ0n) is 10.8. The zero-order chi connectivity index (χ0) is 13.8. The summed E-state index contributed by atoms with van der Waals surface area (Å²) in [6, 6.07) is 17.6. The predicted octanol–water partition coefficient (Wildman–Crippen LogP) is 4.18. The standard InChI is InChI=1S/C16H13ClN2O/c17-14-8-4-7-13(11-14)16-19-18-15(20-16)10-9-12-5-2-1-3-6-12/h1-8,11H,9-10H2. The van der Waals surface area contributed by atoms with Crippen molar-refractivity contribution in [2.75, 3.05) is 0 Å². The van der Waals surface area contributed by atoms with E-state index in [2.05, 4.69) is 22.3 Å². The molecule has 100 valence electrons. The Bertz CT molecular complexity index is 694. The molecule has 20 heavy (non-hydrogen) atoms. The molecule has 3 rings (SSSR count). The fourth-order valence-electron chi connectivity index (χ4n) is 1.99. The largest absolute Gasteiger partial charge is 0.421 e. The summed E-state index contributed by atoms with van der Waals surface area (Å²) >= 11 is 5.95. The fraction of sp³-hybridized carbons (Fsp3) is 0.125. The van der Waals surface area contributed by atoms with E-state index in [4.69, 9.17) is 16.0 Å². The van der Waals surface area contributed by atoms with E-state index in [0.29, 0.717) is 16.8 Å². The lowest BCUT2D eigenvalue weighted by molar-refractivity contribution is 0.504. The molecule has 0 saturated carbocycles. The van der Waals surface area contributed by atoms with Crippen LogP contribution in [0, 0.1) is 0 Å². The van der Waals surface area contributed by atoms with Crippen molar-refractivity contribution >= 4 is 11.6 Å². The Morgan fingerprint density at radius 3 is 2.55 bits per heavy atom. The molecular weight excluding hydrogens is 272 g/mol. The first-order valence-electron chi connectivity index (χ1n) is 6.43. The summed E-state index contributed by atoms with van der Waals surface area (Å²) in [5.74, 6) is 1.15. The quantitative estimate of drug-likeness (QED) is 0.721. The van der Waals surface area contributed by atoms with Gasteiger partial charge in [0.05, 0.1) is 0 Å². The molecule has 0 N–H and O–H groups in total. The molecule has 0 radical (unpaired) electrons. The maximum atomic E-state index is 5.95. The van der Waals surface area contributed by atoms with Crippen molar-refractivity contribution in [1.29, 1.82) is 0 Å². The molecule has 0 saturated heterocycles. The maximum absolute atomic E-state index is 5.95. The number of aryl methyl sites for hydroxylation is 2. The third-order valence-electron chi connectivity index (χ3n) is 3.01. The maximum Gasteiger partial charge on any atom is 0.247 e. The smallest absolute Gasteiger partial charge is 0.247 e. The molecule has 4 heteroatoms. The predicted molar refractivity (Wildman–Crippen MR) is 78.6 cm³/mol. The van der Waals surface area contributed by atoms with Gasteiger partial charge in [-0.25, -0.2) is 0 Å². The van der Waals surface area contributed by atoms with Gasteiger partial charge in [0.25, 0.3) is 0 Å². The van der Waals surface area contributed by atoms with Gasteiger partial charge in [-0.1, -0.05) is 48.0 Å². The summed E-state index contributed by atoms with van der Waals surface area (Å²) in [4.78, 5) is 0. The molecule has 0 aliphatic rings. The van der Waals surface area contributed by atoms with Crippen LogP contribution in [-0.2, 0) is 12.8 Å². The Labute approximate surface area is 122 Å². The van der Waals surface area contributed by atoms with Crippen molar-refractivity contribution in [3.63, 3.8) is 0 Å². The number of hydrogen-bond donors (Lipinski definition) is 0. The van der Waals surface area contributed by atoms with E-state index in [1.54, 1.807) is 0 Å². The van der Waals surface area contributed by atoms with Gasteiger partial charge in [-0.15, -0.1) is 10.2 Å². The second-order valence-electron chi connectivity index (χ2n) is 4.50. The second kappa shape index (κ2) is 5.88. The van der Waals surface area contributed by atoms with Crippen LogP contribution in [0.15, 0.2) is 59.0 Å². The van der Waals surface area contributed by atoms with Gasteiger partial charge in [-0.05, 0) is 30.2 Å². The van der Waals surface area contributed by atoms with Crippen molar-refractivity contribution in [3.05, 3.63) is 71.1 Å². The molecule has 0 fully saturated rings. The topological polar surface area (TPSA) is 38.9 Å². The molecular formula is C16H13ClN2O. The monoisotopic (exact) mass is 284 g/mol. The highest BCUT2D eigenvalue weighted by Gasteiger charge is 2.08. The Kier molecular flexibility index (Phi) is 3.79. The van der Waals surface area contributed by atoms with E-state index < -0.39 is 0 Å². The third kappa shape index (κ3) is 3.06. The minimum Gasteiger partial charge on any atom is -0.421 e. The number of aromatic nitrogens is 2. The summed E-state index contributed by atoms with van der Waals surface area (Å²) in [6.45, 7) is 0. The molecule has 0 aliphatic carbocycles. The highest BCUT2D eigenvalue weighted by Crippen LogP contribution is 2.21. The molecule has 1 aromatic heterocycles. The van der Waals surface area contributed by atoms with Crippen molar-refractivity contribution in [1.82, 2.24) is 10.2 Å². The Hall–Kier alpha value is -2.13. The van der Waals surface area contributed by atoms with Crippen LogP contribution in [0.25, 0.3) is 11.5 Å². The molecule has 0 aliphatic heterocycles. The number of hydrogen-bond acceptors (Lipinski definition) is 3. The van der Waals surface area contributed by atoms with Gasteiger partial charge in [0.1, 0.15) is 0 Å². The lowest BCUT2D eigenvalue weighted by atomic mass is 10.1. The molecule has 0 unspecified atom stereocenters. The van der Waals surface area contributed by atoms with Gasteiger partial charge < -0.3 is 4.42 Å². The van der Waals surface area contributed by atoms with Crippen LogP contribution in [-0.4, -0.2) is 10.2 Å². The molecule has 1 heterocycles. The van der Waals surface area contributed by atoms with Gasteiger partial charge in [0.15, 0.2) is 0 Å². The molecule has 3 aromatic rings. The highest BCUT2D eigenvalue weighted by molar-refractivity contribution is 6.30. The van der Waals surface area contributed by atoms with Crippen LogP contribution >= 0.6 is 11.6 Å². The highest BCUT2D eigenvalue weighted by atomic mass is 35.5. The van der Waals surface area contributed by atoms with E-state index in [0.717, 1.165) is 18.4 Å². The number of benzene rings is 2. The van der Waals surface area contributed by atoms with Gasteiger partial charge in [0, 0.05) is 17.0 Å². The van der Waals surface area contributed by atoms with Crippen molar-refractivity contribution in [2.24, 2.45) is 0 Å². The van der Waals surface area contributed by atoms with Crippen LogP contribution in [0.2, 0.25) is 5.02 Å². The summed E-state index contributed by atoms with van der Waals surface area (Å²) in [7, 11) is 0. The lowest BCUT2D eigenvalue weighted by Gasteiger charge is -1.97. The molecule has 0 spiro atoms. The average molecular weight is 285 g/mol. The second-order valence-corrected chi connectivity index (χ2v) is 4.93. The minimum absolute atomic E-state index is 0.510. The zero-order valence-corrected chi connectivity index (χ0v) is 11.5. The molecule has 0 atom stereocenters. The average Bonchev–Trinajstić information content (AvgIpc) is 2.95. The normalized spacial score (nSPS) is 10.7. The first-order chi connectivity index (χ1) is 9.81. The van der Waals surface area contributed by atoms with Gasteiger partial charge in [0.2, 0.25) is 11.8 Å². The fourth-order valence-corrected chi connectivity index (χ4v) is 2.18. The number of halogens is 1. The Balaban J connectivity index is 1.71. The molecule has 0 bridgehead atoms. The molecule has 2 aromatic carbocycles. The van der Waals surface area contributed by atoms with Crippen LogP contribution in [0.3, 0.4) is 0 Å². The summed E-state index contributed by atoms with van der Waals surface area (Å²) in [5, 5.41) is 8.80. The van der Waals surface area contributed by atoms with E-state index >= 15 is 0 Å². The van der Waals surface area contributed by atoms with E-state index in [1.807, 2.05) is 42.5 Å². The Morgan fingerprint density at radius 1 is 0.900 bits per heavy atom. The first-order valence-corrected chi connectivity index (χ1v) is 6.81. The van der Waals surface area contributed by atoms with Crippen LogP contribution < -0.4 is 0 Å². The summed E-state index contributed by atoms with van der Waals surface area (Å²) < 4.78 is 5.67. The van der Waals surface area contributed by atoms with Gasteiger partial charge >= 0.3 is 0 Å². The van der Waals surface area contributed by atoms with Crippen LogP contribution in [0.4, 0.5) is 0 Å². The van der Waals surface area contributed by atoms with Crippen molar-refractivity contribution in [2.45, 2.75) is 12.8 Å². The van der Waals surface area contributed by atoms with Gasteiger partial charge in [-0.2, -0.15) is 0 Å².